The minimum absolute atomic E-state index is 0.137. The van der Waals surface area contributed by atoms with Crippen molar-refractivity contribution >= 4 is 0 Å². The standard InChI is InChI=1S/C16H26FN3/c1-19(2)16(7-4-8-16)12-20(3)11-14-9-13(10-18)5-6-15(14)17/h5-6,9H,4,7-8,10-12,18H2,1-3H3. The van der Waals surface area contributed by atoms with E-state index in [1.807, 2.05) is 6.07 Å². The lowest BCUT2D eigenvalue weighted by Gasteiger charge is -2.49. The van der Waals surface area contributed by atoms with Gasteiger partial charge in [0.05, 0.1) is 0 Å². The maximum atomic E-state index is 13.9. The van der Waals surface area contributed by atoms with Crippen molar-refractivity contribution in [1.82, 2.24) is 9.80 Å². The third kappa shape index (κ3) is 3.19. The molecule has 0 spiro atoms. The number of benzene rings is 1. The molecule has 1 aliphatic rings. The molecule has 0 amide bonds. The van der Waals surface area contributed by atoms with Gasteiger partial charge in [0, 0.05) is 30.7 Å². The van der Waals surface area contributed by atoms with Crippen molar-refractivity contribution in [2.45, 2.75) is 37.9 Å². The van der Waals surface area contributed by atoms with Gasteiger partial charge in [0.25, 0.3) is 0 Å². The Bertz CT molecular complexity index is 455. The van der Waals surface area contributed by atoms with E-state index in [1.54, 1.807) is 6.07 Å². The van der Waals surface area contributed by atoms with Gasteiger partial charge >= 0.3 is 0 Å². The summed E-state index contributed by atoms with van der Waals surface area (Å²) in [7, 11) is 6.35. The number of nitrogens with two attached hydrogens (primary N) is 1. The van der Waals surface area contributed by atoms with Crippen LogP contribution in [0.2, 0.25) is 0 Å². The molecule has 2 rings (SSSR count). The lowest BCUT2D eigenvalue weighted by molar-refractivity contribution is 0.0256. The maximum absolute atomic E-state index is 13.9. The summed E-state index contributed by atoms with van der Waals surface area (Å²) in [6, 6.07) is 5.16. The van der Waals surface area contributed by atoms with Gasteiger partial charge in [0.1, 0.15) is 5.82 Å². The van der Waals surface area contributed by atoms with Crippen LogP contribution in [0.1, 0.15) is 30.4 Å². The highest BCUT2D eigenvalue weighted by molar-refractivity contribution is 5.25. The number of halogens is 1. The summed E-state index contributed by atoms with van der Waals surface area (Å²) in [5.41, 5.74) is 7.63. The van der Waals surface area contributed by atoms with Gasteiger partial charge in [-0.15, -0.1) is 0 Å². The zero-order chi connectivity index (χ0) is 14.8. The zero-order valence-corrected chi connectivity index (χ0v) is 12.8. The van der Waals surface area contributed by atoms with E-state index in [9.17, 15) is 4.39 Å². The summed E-state index contributed by atoms with van der Waals surface area (Å²) in [5, 5.41) is 0. The van der Waals surface area contributed by atoms with Crippen molar-refractivity contribution in [2.24, 2.45) is 5.73 Å². The van der Waals surface area contributed by atoms with Crippen LogP contribution in [0, 0.1) is 5.82 Å². The Balaban J connectivity index is 2.02. The molecule has 0 aliphatic heterocycles. The fourth-order valence-corrected chi connectivity index (χ4v) is 3.06. The molecule has 20 heavy (non-hydrogen) atoms. The molecule has 0 bridgehead atoms. The molecule has 0 atom stereocenters. The molecule has 1 fully saturated rings. The minimum atomic E-state index is -0.137. The maximum Gasteiger partial charge on any atom is 0.127 e. The smallest absolute Gasteiger partial charge is 0.127 e. The molecule has 112 valence electrons. The van der Waals surface area contributed by atoms with E-state index in [4.69, 9.17) is 5.73 Å². The van der Waals surface area contributed by atoms with Crippen LogP contribution in [0.3, 0.4) is 0 Å². The summed E-state index contributed by atoms with van der Waals surface area (Å²) < 4.78 is 13.9. The first-order valence-electron chi connectivity index (χ1n) is 7.30. The van der Waals surface area contributed by atoms with Crippen molar-refractivity contribution in [3.05, 3.63) is 35.1 Å². The van der Waals surface area contributed by atoms with Crippen LogP contribution in [-0.2, 0) is 13.1 Å². The molecule has 1 aromatic carbocycles. The Morgan fingerprint density at radius 1 is 1.25 bits per heavy atom. The van der Waals surface area contributed by atoms with E-state index < -0.39 is 0 Å². The summed E-state index contributed by atoms with van der Waals surface area (Å²) in [5.74, 6) is -0.137. The first kappa shape index (κ1) is 15.4. The SMILES string of the molecule is CN(Cc1cc(CN)ccc1F)CC1(N(C)C)CCC1. The second kappa shape index (κ2) is 6.20. The highest BCUT2D eigenvalue weighted by Gasteiger charge is 2.39. The third-order valence-corrected chi connectivity index (χ3v) is 4.58. The summed E-state index contributed by atoms with van der Waals surface area (Å²) in [4.78, 5) is 4.54. The molecule has 2 N–H and O–H groups in total. The topological polar surface area (TPSA) is 32.5 Å². The van der Waals surface area contributed by atoms with Crippen LogP contribution in [0.4, 0.5) is 4.39 Å². The minimum Gasteiger partial charge on any atom is -0.326 e. The molecule has 0 radical (unpaired) electrons. The van der Waals surface area contributed by atoms with Crippen molar-refractivity contribution in [3.63, 3.8) is 0 Å². The first-order chi connectivity index (χ1) is 9.47. The highest BCUT2D eigenvalue weighted by atomic mass is 19.1. The lowest BCUT2D eigenvalue weighted by Crippen LogP contribution is -2.56. The number of rotatable bonds is 6. The van der Waals surface area contributed by atoms with Gasteiger partial charge in [-0.25, -0.2) is 4.39 Å². The van der Waals surface area contributed by atoms with E-state index in [-0.39, 0.29) is 11.4 Å². The highest BCUT2D eigenvalue weighted by Crippen LogP contribution is 2.36. The molecule has 1 saturated carbocycles. The lowest BCUT2D eigenvalue weighted by atomic mass is 9.75. The number of hydrogen-bond acceptors (Lipinski definition) is 3. The Morgan fingerprint density at radius 2 is 1.95 bits per heavy atom. The molecule has 0 saturated heterocycles. The van der Waals surface area contributed by atoms with Gasteiger partial charge in [-0.3, -0.25) is 0 Å². The number of nitrogens with zero attached hydrogens (tertiary/aromatic N) is 2. The van der Waals surface area contributed by atoms with Crippen LogP contribution < -0.4 is 5.73 Å². The Kier molecular flexibility index (Phi) is 4.78. The van der Waals surface area contributed by atoms with Crippen LogP contribution in [0.15, 0.2) is 18.2 Å². The van der Waals surface area contributed by atoms with Gasteiger partial charge in [0.15, 0.2) is 0 Å². The van der Waals surface area contributed by atoms with E-state index in [2.05, 4.69) is 30.9 Å². The fourth-order valence-electron chi connectivity index (χ4n) is 3.06. The van der Waals surface area contributed by atoms with Crippen molar-refractivity contribution < 1.29 is 4.39 Å². The third-order valence-electron chi connectivity index (χ3n) is 4.58. The van der Waals surface area contributed by atoms with E-state index >= 15 is 0 Å². The van der Waals surface area contributed by atoms with Crippen LogP contribution >= 0.6 is 0 Å². The molecule has 1 aromatic rings. The van der Waals surface area contributed by atoms with E-state index in [1.165, 1.54) is 25.3 Å². The molecule has 1 aliphatic carbocycles. The van der Waals surface area contributed by atoms with Crippen molar-refractivity contribution in [1.29, 1.82) is 0 Å². The summed E-state index contributed by atoms with van der Waals surface area (Å²) in [6.07, 6.45) is 3.76. The van der Waals surface area contributed by atoms with Crippen molar-refractivity contribution in [3.8, 4) is 0 Å². The van der Waals surface area contributed by atoms with Crippen LogP contribution in [-0.4, -0.2) is 43.0 Å². The molecule has 0 aromatic heterocycles. The van der Waals surface area contributed by atoms with Gasteiger partial charge in [-0.2, -0.15) is 0 Å². The average Bonchev–Trinajstić information content (AvgIpc) is 2.36. The molecule has 0 unspecified atom stereocenters. The van der Waals surface area contributed by atoms with Crippen molar-refractivity contribution in [2.75, 3.05) is 27.7 Å². The average molecular weight is 279 g/mol. The zero-order valence-electron chi connectivity index (χ0n) is 12.8. The van der Waals surface area contributed by atoms with Gasteiger partial charge < -0.3 is 15.5 Å². The largest absolute Gasteiger partial charge is 0.326 e. The molecule has 4 heteroatoms. The van der Waals surface area contributed by atoms with E-state index in [0.717, 1.165) is 17.7 Å². The second-order valence-corrected chi connectivity index (χ2v) is 6.27. The predicted molar refractivity (Wildman–Crippen MR) is 80.9 cm³/mol. The molecular formula is C16H26FN3. The van der Waals surface area contributed by atoms with Gasteiger partial charge in [-0.1, -0.05) is 12.1 Å². The Morgan fingerprint density at radius 3 is 2.45 bits per heavy atom. The second-order valence-electron chi connectivity index (χ2n) is 6.27. The van der Waals surface area contributed by atoms with Crippen LogP contribution in [0.5, 0.6) is 0 Å². The summed E-state index contributed by atoms with van der Waals surface area (Å²) in [6.45, 7) is 2.07. The first-order valence-corrected chi connectivity index (χ1v) is 7.30. The monoisotopic (exact) mass is 279 g/mol. The Hall–Kier alpha value is -0.970. The number of hydrogen-bond donors (Lipinski definition) is 1. The predicted octanol–water partition coefficient (Wildman–Crippen LogP) is 2.20. The van der Waals surface area contributed by atoms with E-state index in [0.29, 0.717) is 13.1 Å². The van der Waals surface area contributed by atoms with Gasteiger partial charge in [0.2, 0.25) is 0 Å². The molecule has 3 nitrogen and oxygen atoms in total. The molecule has 0 heterocycles. The fraction of sp³-hybridized carbons (Fsp3) is 0.625. The molecular weight excluding hydrogens is 253 g/mol. The Labute approximate surface area is 121 Å². The van der Waals surface area contributed by atoms with Gasteiger partial charge in [-0.05, 0) is 52.0 Å². The normalized spacial score (nSPS) is 17.6. The van der Waals surface area contributed by atoms with Crippen LogP contribution in [0.25, 0.3) is 0 Å². The quantitative estimate of drug-likeness (QED) is 0.866. The number of likely N-dealkylation sites (N-methyl/N-ethyl adjacent to an activating group) is 2. The summed E-state index contributed by atoms with van der Waals surface area (Å²) >= 11 is 0.